The molecular weight excluding hydrogens is 330 g/mol. The van der Waals surface area contributed by atoms with Crippen molar-refractivity contribution in [3.63, 3.8) is 0 Å². The standard InChI is InChI=1S/C13H16BrNO3S/c1-2-4-13(12(17)18)5-6-15(8-13)11(16)10-9(14)3-7-19-10/h3,7H,2,4-6,8H2,1H3,(H,17,18). The summed E-state index contributed by atoms with van der Waals surface area (Å²) in [5, 5.41) is 11.3. The molecule has 1 N–H and O–H groups in total. The molecule has 1 unspecified atom stereocenters. The number of likely N-dealkylation sites (tertiary alicyclic amines) is 1. The van der Waals surface area contributed by atoms with E-state index in [1.807, 2.05) is 18.4 Å². The largest absolute Gasteiger partial charge is 0.481 e. The van der Waals surface area contributed by atoms with Gasteiger partial charge in [-0.15, -0.1) is 11.3 Å². The highest BCUT2D eigenvalue weighted by Crippen LogP contribution is 2.37. The highest BCUT2D eigenvalue weighted by atomic mass is 79.9. The van der Waals surface area contributed by atoms with Crippen molar-refractivity contribution in [3.05, 3.63) is 20.8 Å². The van der Waals surface area contributed by atoms with E-state index < -0.39 is 11.4 Å². The first-order chi connectivity index (χ1) is 9.00. The quantitative estimate of drug-likeness (QED) is 0.911. The number of hydrogen-bond donors (Lipinski definition) is 1. The smallest absolute Gasteiger partial charge is 0.311 e. The van der Waals surface area contributed by atoms with Gasteiger partial charge in [-0.3, -0.25) is 9.59 Å². The van der Waals surface area contributed by atoms with Gasteiger partial charge in [0, 0.05) is 17.6 Å². The second-order valence-electron chi connectivity index (χ2n) is 4.91. The summed E-state index contributed by atoms with van der Waals surface area (Å²) >= 11 is 4.73. The van der Waals surface area contributed by atoms with Crippen molar-refractivity contribution in [2.45, 2.75) is 26.2 Å². The Kier molecular flexibility index (Phi) is 4.30. The highest BCUT2D eigenvalue weighted by molar-refractivity contribution is 9.10. The first-order valence-electron chi connectivity index (χ1n) is 6.26. The van der Waals surface area contributed by atoms with Crippen LogP contribution in [0.3, 0.4) is 0 Å². The molecule has 1 amide bonds. The first kappa shape index (κ1) is 14.5. The fraction of sp³-hybridized carbons (Fsp3) is 0.538. The molecule has 0 bridgehead atoms. The van der Waals surface area contributed by atoms with Gasteiger partial charge in [0.05, 0.1) is 5.41 Å². The summed E-state index contributed by atoms with van der Waals surface area (Å²) in [7, 11) is 0. The Labute approximate surface area is 124 Å². The van der Waals surface area contributed by atoms with E-state index in [-0.39, 0.29) is 5.91 Å². The zero-order valence-corrected chi connectivity index (χ0v) is 13.1. The Morgan fingerprint density at radius 3 is 2.84 bits per heavy atom. The van der Waals surface area contributed by atoms with Crippen molar-refractivity contribution in [2.75, 3.05) is 13.1 Å². The van der Waals surface area contributed by atoms with Gasteiger partial charge in [0.25, 0.3) is 5.91 Å². The average Bonchev–Trinajstić information content (AvgIpc) is 2.96. The third-order valence-electron chi connectivity index (χ3n) is 3.63. The first-order valence-corrected chi connectivity index (χ1v) is 7.93. The zero-order valence-electron chi connectivity index (χ0n) is 10.7. The van der Waals surface area contributed by atoms with Crippen LogP contribution < -0.4 is 0 Å². The fourth-order valence-corrected chi connectivity index (χ4v) is 4.11. The molecule has 2 heterocycles. The van der Waals surface area contributed by atoms with Gasteiger partial charge < -0.3 is 10.0 Å². The molecule has 4 nitrogen and oxygen atoms in total. The summed E-state index contributed by atoms with van der Waals surface area (Å²) in [6.45, 7) is 2.82. The molecule has 0 saturated carbocycles. The molecule has 1 aliphatic rings. The van der Waals surface area contributed by atoms with E-state index in [0.717, 1.165) is 10.9 Å². The maximum absolute atomic E-state index is 12.4. The zero-order chi connectivity index (χ0) is 14.0. The molecule has 1 aliphatic heterocycles. The molecule has 1 fully saturated rings. The monoisotopic (exact) mass is 345 g/mol. The average molecular weight is 346 g/mol. The lowest BCUT2D eigenvalue weighted by atomic mass is 9.83. The molecule has 1 saturated heterocycles. The third-order valence-corrected chi connectivity index (χ3v) is 5.46. The lowest BCUT2D eigenvalue weighted by molar-refractivity contribution is -0.148. The molecular formula is C13H16BrNO3S. The van der Waals surface area contributed by atoms with Crippen LogP contribution in [0.2, 0.25) is 0 Å². The summed E-state index contributed by atoms with van der Waals surface area (Å²) in [5.41, 5.74) is -0.756. The number of carbonyl (C=O) groups is 2. The predicted molar refractivity (Wildman–Crippen MR) is 77.5 cm³/mol. The van der Waals surface area contributed by atoms with E-state index in [1.165, 1.54) is 11.3 Å². The molecule has 0 aromatic carbocycles. The van der Waals surface area contributed by atoms with Gasteiger partial charge in [-0.25, -0.2) is 0 Å². The molecule has 104 valence electrons. The van der Waals surface area contributed by atoms with Gasteiger partial charge >= 0.3 is 5.97 Å². The van der Waals surface area contributed by atoms with E-state index in [9.17, 15) is 14.7 Å². The van der Waals surface area contributed by atoms with Crippen LogP contribution >= 0.6 is 27.3 Å². The molecule has 0 spiro atoms. The number of carboxylic acid groups (broad SMARTS) is 1. The topological polar surface area (TPSA) is 57.6 Å². The summed E-state index contributed by atoms with van der Waals surface area (Å²) < 4.78 is 0.783. The van der Waals surface area contributed by atoms with Crippen LogP contribution in [0, 0.1) is 5.41 Å². The summed E-state index contributed by atoms with van der Waals surface area (Å²) in [4.78, 5) is 26.2. The van der Waals surface area contributed by atoms with Gasteiger partial charge in [0.2, 0.25) is 0 Å². The number of nitrogens with zero attached hydrogens (tertiary/aromatic N) is 1. The van der Waals surface area contributed by atoms with Crippen LogP contribution in [0.5, 0.6) is 0 Å². The van der Waals surface area contributed by atoms with Crippen molar-refractivity contribution in [1.29, 1.82) is 0 Å². The van der Waals surface area contributed by atoms with Crippen LogP contribution in [-0.2, 0) is 4.79 Å². The Morgan fingerprint density at radius 2 is 2.32 bits per heavy atom. The summed E-state index contributed by atoms with van der Waals surface area (Å²) in [5.74, 6) is -0.851. The number of carbonyl (C=O) groups excluding carboxylic acids is 1. The van der Waals surface area contributed by atoms with E-state index in [0.29, 0.717) is 30.8 Å². The van der Waals surface area contributed by atoms with E-state index in [1.54, 1.807) is 4.90 Å². The SMILES string of the molecule is CCCC1(C(=O)O)CCN(C(=O)c2sccc2Br)C1. The molecule has 1 atom stereocenters. The lowest BCUT2D eigenvalue weighted by Gasteiger charge is -2.24. The second-order valence-corrected chi connectivity index (χ2v) is 6.68. The number of hydrogen-bond acceptors (Lipinski definition) is 3. The molecule has 6 heteroatoms. The fourth-order valence-electron chi connectivity index (χ4n) is 2.60. The van der Waals surface area contributed by atoms with Crippen molar-refractivity contribution < 1.29 is 14.7 Å². The minimum atomic E-state index is -0.783. The number of halogens is 1. The minimum Gasteiger partial charge on any atom is -0.481 e. The van der Waals surface area contributed by atoms with Crippen LogP contribution in [-0.4, -0.2) is 35.0 Å². The minimum absolute atomic E-state index is 0.0684. The highest BCUT2D eigenvalue weighted by Gasteiger charge is 2.45. The van der Waals surface area contributed by atoms with Crippen molar-refractivity contribution >= 4 is 39.1 Å². The number of amides is 1. The van der Waals surface area contributed by atoms with Gasteiger partial charge in [-0.05, 0) is 40.2 Å². The van der Waals surface area contributed by atoms with Crippen LogP contribution in [0.25, 0.3) is 0 Å². The van der Waals surface area contributed by atoms with Crippen LogP contribution in [0.15, 0.2) is 15.9 Å². The Morgan fingerprint density at radius 1 is 1.58 bits per heavy atom. The van der Waals surface area contributed by atoms with Gasteiger partial charge in [-0.2, -0.15) is 0 Å². The van der Waals surface area contributed by atoms with Gasteiger partial charge in [0.1, 0.15) is 4.88 Å². The van der Waals surface area contributed by atoms with E-state index in [2.05, 4.69) is 15.9 Å². The molecule has 2 rings (SSSR count). The Bertz CT molecular complexity index is 502. The molecule has 0 radical (unpaired) electrons. The van der Waals surface area contributed by atoms with Gasteiger partial charge in [0.15, 0.2) is 0 Å². The number of thiophene rings is 1. The summed E-state index contributed by atoms with van der Waals surface area (Å²) in [6, 6.07) is 1.84. The summed E-state index contributed by atoms with van der Waals surface area (Å²) in [6.07, 6.45) is 1.99. The predicted octanol–water partition coefficient (Wildman–Crippen LogP) is 3.23. The number of rotatable bonds is 4. The van der Waals surface area contributed by atoms with E-state index in [4.69, 9.17) is 0 Å². The van der Waals surface area contributed by atoms with Crippen LogP contribution in [0.4, 0.5) is 0 Å². The third kappa shape index (κ3) is 2.69. The maximum Gasteiger partial charge on any atom is 0.311 e. The second kappa shape index (κ2) is 5.63. The normalized spacial score (nSPS) is 22.7. The van der Waals surface area contributed by atoms with E-state index >= 15 is 0 Å². The van der Waals surface area contributed by atoms with Crippen molar-refractivity contribution in [2.24, 2.45) is 5.41 Å². The maximum atomic E-state index is 12.4. The Hall–Kier alpha value is -0.880. The van der Waals surface area contributed by atoms with Crippen LogP contribution in [0.1, 0.15) is 35.9 Å². The number of carboxylic acids is 1. The Balaban J connectivity index is 2.15. The number of aliphatic carboxylic acids is 1. The molecule has 0 aliphatic carbocycles. The molecule has 1 aromatic heterocycles. The lowest BCUT2D eigenvalue weighted by Crippen LogP contribution is -2.36. The molecule has 19 heavy (non-hydrogen) atoms. The molecule has 1 aromatic rings. The van der Waals surface area contributed by atoms with Crippen molar-refractivity contribution in [3.8, 4) is 0 Å². The van der Waals surface area contributed by atoms with Gasteiger partial charge in [-0.1, -0.05) is 13.3 Å². The van der Waals surface area contributed by atoms with Crippen molar-refractivity contribution in [1.82, 2.24) is 4.90 Å².